The summed E-state index contributed by atoms with van der Waals surface area (Å²) in [5, 5.41) is 3.07. The van der Waals surface area contributed by atoms with E-state index in [4.69, 9.17) is 9.47 Å². The third-order valence-corrected chi connectivity index (χ3v) is 2.28. The first-order chi connectivity index (χ1) is 8.22. The van der Waals surface area contributed by atoms with Crippen LogP contribution in [-0.4, -0.2) is 30.7 Å². The van der Waals surface area contributed by atoms with Crippen molar-refractivity contribution in [2.24, 2.45) is 0 Å². The highest BCUT2D eigenvalue weighted by atomic mass is 16.5. The fourth-order valence-corrected chi connectivity index (χ4v) is 1.41. The third kappa shape index (κ3) is 3.62. The predicted molar refractivity (Wildman–Crippen MR) is 65.1 cm³/mol. The van der Waals surface area contributed by atoms with Crippen LogP contribution in [0.1, 0.15) is 20.3 Å². The minimum atomic E-state index is -0.386. The molecule has 94 valence electrons. The van der Waals surface area contributed by atoms with Gasteiger partial charge in [0, 0.05) is 6.20 Å². The average molecular weight is 238 g/mol. The minimum Gasteiger partial charge on any atom is -0.476 e. The molecule has 0 saturated heterocycles. The van der Waals surface area contributed by atoms with E-state index < -0.39 is 0 Å². The van der Waals surface area contributed by atoms with Gasteiger partial charge in [0.2, 0.25) is 5.88 Å². The molecule has 1 unspecified atom stereocenters. The molecule has 5 nitrogen and oxygen atoms in total. The highest BCUT2D eigenvalue weighted by Crippen LogP contribution is 2.22. The summed E-state index contributed by atoms with van der Waals surface area (Å²) in [4.78, 5) is 15.6. The molecule has 0 aliphatic carbocycles. The zero-order chi connectivity index (χ0) is 12.7. The van der Waals surface area contributed by atoms with Gasteiger partial charge in [-0.25, -0.2) is 9.78 Å². The molecule has 1 N–H and O–H groups in total. The molecular weight excluding hydrogens is 220 g/mol. The lowest BCUT2D eigenvalue weighted by molar-refractivity contribution is -0.141. The number of hydrogen-bond donors (Lipinski definition) is 1. The van der Waals surface area contributed by atoms with E-state index in [2.05, 4.69) is 10.3 Å². The lowest BCUT2D eigenvalue weighted by atomic mass is 10.2. The monoisotopic (exact) mass is 238 g/mol. The Labute approximate surface area is 101 Å². The summed E-state index contributed by atoms with van der Waals surface area (Å²) < 4.78 is 10.1. The Balaban J connectivity index is 2.81. The van der Waals surface area contributed by atoms with Crippen molar-refractivity contribution in [2.75, 3.05) is 19.0 Å². The van der Waals surface area contributed by atoms with Gasteiger partial charge in [-0.1, -0.05) is 6.92 Å². The Bertz CT molecular complexity index is 369. The number of pyridine rings is 1. The molecule has 0 saturated carbocycles. The van der Waals surface area contributed by atoms with E-state index in [9.17, 15) is 4.79 Å². The van der Waals surface area contributed by atoms with E-state index in [0.29, 0.717) is 24.6 Å². The second kappa shape index (κ2) is 6.73. The predicted octanol–water partition coefficient (Wildman–Crippen LogP) is 1.84. The van der Waals surface area contributed by atoms with Crippen LogP contribution in [0, 0.1) is 0 Å². The molecule has 1 aromatic heterocycles. The molecule has 0 spiro atoms. The zero-order valence-electron chi connectivity index (χ0n) is 10.4. The maximum Gasteiger partial charge on any atom is 0.328 e. The zero-order valence-corrected chi connectivity index (χ0v) is 10.4. The maximum absolute atomic E-state index is 11.5. The molecule has 0 aliphatic heterocycles. The van der Waals surface area contributed by atoms with Gasteiger partial charge in [0.25, 0.3) is 0 Å². The van der Waals surface area contributed by atoms with Gasteiger partial charge in [-0.3, -0.25) is 0 Å². The number of aromatic nitrogens is 1. The van der Waals surface area contributed by atoms with E-state index in [1.807, 2.05) is 19.9 Å². The van der Waals surface area contributed by atoms with E-state index in [0.717, 1.165) is 0 Å². The summed E-state index contributed by atoms with van der Waals surface area (Å²) in [7, 11) is 1.37. The number of carbonyl (C=O) groups is 1. The summed E-state index contributed by atoms with van der Waals surface area (Å²) in [5.41, 5.74) is 0.701. The molecule has 17 heavy (non-hydrogen) atoms. The smallest absolute Gasteiger partial charge is 0.328 e. The van der Waals surface area contributed by atoms with Crippen LogP contribution < -0.4 is 10.1 Å². The lowest BCUT2D eigenvalue weighted by Gasteiger charge is -2.17. The third-order valence-electron chi connectivity index (χ3n) is 2.28. The fraction of sp³-hybridized carbons (Fsp3) is 0.500. The number of nitrogens with one attached hydrogen (secondary N) is 1. The highest BCUT2D eigenvalue weighted by molar-refractivity contribution is 5.79. The molecule has 1 atom stereocenters. The van der Waals surface area contributed by atoms with Gasteiger partial charge in [0.15, 0.2) is 0 Å². The Kier molecular flexibility index (Phi) is 5.26. The Hall–Kier alpha value is -1.78. The van der Waals surface area contributed by atoms with Crippen molar-refractivity contribution in [3.8, 4) is 5.88 Å². The fourth-order valence-electron chi connectivity index (χ4n) is 1.41. The van der Waals surface area contributed by atoms with Gasteiger partial charge >= 0.3 is 5.97 Å². The quantitative estimate of drug-likeness (QED) is 0.766. The summed E-state index contributed by atoms with van der Waals surface area (Å²) >= 11 is 0. The van der Waals surface area contributed by atoms with Crippen LogP contribution in [-0.2, 0) is 9.53 Å². The Morgan fingerprint density at radius 1 is 1.53 bits per heavy atom. The molecule has 1 aromatic rings. The standard InChI is InChI=1S/C12H18N2O3/c1-4-9(12(15)16-3)14-10-7-6-8-13-11(10)17-5-2/h6-9,14H,4-5H2,1-3H3. The first-order valence-electron chi connectivity index (χ1n) is 5.65. The SMILES string of the molecule is CCOc1ncccc1NC(CC)C(=O)OC. The second-order valence-electron chi connectivity index (χ2n) is 3.42. The molecule has 0 radical (unpaired) electrons. The molecular formula is C12H18N2O3. The van der Waals surface area contributed by atoms with Crippen molar-refractivity contribution < 1.29 is 14.3 Å². The van der Waals surface area contributed by atoms with Gasteiger partial charge in [0.05, 0.1) is 19.4 Å². The largest absolute Gasteiger partial charge is 0.476 e. The second-order valence-corrected chi connectivity index (χ2v) is 3.42. The summed E-state index contributed by atoms with van der Waals surface area (Å²) in [6.45, 7) is 4.32. The molecule has 0 aliphatic rings. The van der Waals surface area contributed by atoms with Crippen LogP contribution in [0.25, 0.3) is 0 Å². The van der Waals surface area contributed by atoms with Crippen LogP contribution >= 0.6 is 0 Å². The van der Waals surface area contributed by atoms with E-state index in [-0.39, 0.29) is 12.0 Å². The van der Waals surface area contributed by atoms with Crippen LogP contribution in [0.5, 0.6) is 5.88 Å². The van der Waals surface area contributed by atoms with Gasteiger partial charge in [-0.2, -0.15) is 0 Å². The van der Waals surface area contributed by atoms with Crippen LogP contribution in [0.4, 0.5) is 5.69 Å². The van der Waals surface area contributed by atoms with Crippen molar-refractivity contribution in [3.05, 3.63) is 18.3 Å². The van der Waals surface area contributed by atoms with Gasteiger partial charge in [-0.05, 0) is 25.5 Å². The lowest BCUT2D eigenvalue weighted by Crippen LogP contribution is -2.30. The Morgan fingerprint density at radius 3 is 2.88 bits per heavy atom. The van der Waals surface area contributed by atoms with E-state index in [1.165, 1.54) is 7.11 Å². The number of ether oxygens (including phenoxy) is 2. The molecule has 0 bridgehead atoms. The van der Waals surface area contributed by atoms with Crippen LogP contribution in [0.3, 0.4) is 0 Å². The number of hydrogen-bond acceptors (Lipinski definition) is 5. The van der Waals surface area contributed by atoms with Crippen LogP contribution in [0.2, 0.25) is 0 Å². The summed E-state index contributed by atoms with van der Waals surface area (Å²) in [6.07, 6.45) is 2.28. The van der Waals surface area contributed by atoms with Gasteiger partial charge in [0.1, 0.15) is 6.04 Å². The normalized spacial score (nSPS) is 11.7. The van der Waals surface area contributed by atoms with Crippen molar-refractivity contribution >= 4 is 11.7 Å². The number of esters is 1. The molecule has 1 heterocycles. The number of carbonyl (C=O) groups excluding carboxylic acids is 1. The topological polar surface area (TPSA) is 60.5 Å². The maximum atomic E-state index is 11.5. The Morgan fingerprint density at radius 2 is 2.29 bits per heavy atom. The minimum absolute atomic E-state index is 0.293. The molecule has 5 heteroatoms. The summed E-state index contributed by atoms with van der Waals surface area (Å²) in [5.74, 6) is 0.205. The number of rotatable bonds is 6. The molecule has 0 fully saturated rings. The van der Waals surface area contributed by atoms with Crippen molar-refractivity contribution in [3.63, 3.8) is 0 Å². The molecule has 0 aromatic carbocycles. The number of methoxy groups -OCH3 is 1. The summed E-state index contributed by atoms with van der Waals surface area (Å²) in [6, 6.07) is 3.22. The average Bonchev–Trinajstić information content (AvgIpc) is 2.37. The first kappa shape index (κ1) is 13.3. The van der Waals surface area contributed by atoms with Crippen molar-refractivity contribution in [1.82, 2.24) is 4.98 Å². The van der Waals surface area contributed by atoms with Gasteiger partial charge in [-0.15, -0.1) is 0 Å². The van der Waals surface area contributed by atoms with Crippen molar-refractivity contribution in [2.45, 2.75) is 26.3 Å². The van der Waals surface area contributed by atoms with Crippen LogP contribution in [0.15, 0.2) is 18.3 Å². The van der Waals surface area contributed by atoms with Gasteiger partial charge < -0.3 is 14.8 Å². The number of anilines is 1. The van der Waals surface area contributed by atoms with E-state index in [1.54, 1.807) is 12.3 Å². The molecule has 0 amide bonds. The molecule has 1 rings (SSSR count). The highest BCUT2D eigenvalue weighted by Gasteiger charge is 2.18. The van der Waals surface area contributed by atoms with Crippen molar-refractivity contribution in [1.29, 1.82) is 0 Å². The number of nitrogens with zero attached hydrogens (tertiary/aromatic N) is 1. The first-order valence-corrected chi connectivity index (χ1v) is 5.65. The van der Waals surface area contributed by atoms with E-state index >= 15 is 0 Å².